The second-order valence-corrected chi connectivity index (χ2v) is 18.5. The monoisotopic (exact) mass is 772 g/mol. The number of aromatic nitrogens is 2. The van der Waals surface area contributed by atoms with Gasteiger partial charge in [-0.1, -0.05) is 170 Å². The molecule has 59 heavy (non-hydrogen) atoms. The first-order valence-corrected chi connectivity index (χ1v) is 21.9. The van der Waals surface area contributed by atoms with E-state index in [4.69, 9.17) is 18.8 Å². The third-order valence-corrected chi connectivity index (χ3v) is 16.4. The molecule has 8 aromatic carbocycles. The lowest BCUT2D eigenvalue weighted by Gasteiger charge is -2.36. The Bertz CT molecular complexity index is 2880. The summed E-state index contributed by atoms with van der Waals surface area (Å²) in [5, 5.41) is 5.28. The number of benzene rings is 8. The van der Waals surface area contributed by atoms with Gasteiger partial charge in [-0.3, -0.25) is 0 Å². The number of hydrogen-bond acceptors (Lipinski definition) is 4. The van der Waals surface area contributed by atoms with Gasteiger partial charge in [0.05, 0.1) is 0 Å². The second-order valence-electron chi connectivity index (χ2n) is 14.8. The van der Waals surface area contributed by atoms with Crippen LogP contribution in [0.5, 0.6) is 0 Å². The first-order valence-electron chi connectivity index (χ1n) is 19.9. The largest absolute Gasteiger partial charge is 0.436 e. The highest BCUT2D eigenvalue weighted by Gasteiger charge is 2.53. The second kappa shape index (κ2) is 14.4. The van der Waals surface area contributed by atoms with E-state index in [9.17, 15) is 0 Å². The Kier molecular flexibility index (Phi) is 8.45. The third-order valence-electron chi connectivity index (χ3n) is 11.5. The summed E-state index contributed by atoms with van der Waals surface area (Å²) in [5.41, 5.74) is 12.3. The number of oxazole rings is 2. The van der Waals surface area contributed by atoms with Gasteiger partial charge < -0.3 is 8.83 Å². The van der Waals surface area contributed by atoms with Crippen LogP contribution in [-0.2, 0) is 0 Å². The lowest BCUT2D eigenvalue weighted by molar-refractivity contribution is 0.619. The van der Waals surface area contributed by atoms with Crippen molar-refractivity contribution in [3.8, 4) is 22.9 Å². The molecule has 0 radical (unpaired) electrons. The minimum Gasteiger partial charge on any atom is -0.436 e. The minimum atomic E-state index is -3.18. The van der Waals surface area contributed by atoms with Gasteiger partial charge in [-0.15, -0.1) is 0 Å². The Balaban J connectivity index is 1.22. The van der Waals surface area contributed by atoms with Crippen molar-refractivity contribution < 1.29 is 8.83 Å². The zero-order valence-electron chi connectivity index (χ0n) is 32.0. The SMILES string of the molecule is c1ccc(C2=C(c3ccc(-c4nc5ccccc5o4)cc3)[Si](c3ccccc3)(c3ccccc3)C(c3ccc(-c4nc5ccccc5o4)cc3)=C2c2ccccc2)cc1. The molecule has 0 aliphatic carbocycles. The molecular weight excluding hydrogens is 737 g/mol. The van der Waals surface area contributed by atoms with Gasteiger partial charge in [0.2, 0.25) is 11.8 Å². The average molecular weight is 773 g/mol. The van der Waals surface area contributed by atoms with Crippen LogP contribution in [0.15, 0.2) is 227 Å². The molecule has 1 aliphatic rings. The van der Waals surface area contributed by atoms with Crippen molar-refractivity contribution in [2.24, 2.45) is 0 Å². The van der Waals surface area contributed by atoms with Crippen LogP contribution in [-0.4, -0.2) is 18.0 Å². The summed E-state index contributed by atoms with van der Waals surface area (Å²) >= 11 is 0. The van der Waals surface area contributed by atoms with Crippen LogP contribution < -0.4 is 10.4 Å². The molecule has 0 N–H and O–H groups in total. The summed E-state index contributed by atoms with van der Waals surface area (Å²) in [6.07, 6.45) is 0. The van der Waals surface area contributed by atoms with E-state index in [1.165, 1.54) is 43.0 Å². The lowest BCUT2D eigenvalue weighted by Crippen LogP contribution is -2.59. The predicted molar refractivity (Wildman–Crippen MR) is 243 cm³/mol. The highest BCUT2D eigenvalue weighted by molar-refractivity contribution is 7.29. The summed E-state index contributed by atoms with van der Waals surface area (Å²) < 4.78 is 12.5. The van der Waals surface area contributed by atoms with E-state index in [2.05, 4.69) is 170 Å². The van der Waals surface area contributed by atoms with E-state index in [0.717, 1.165) is 44.5 Å². The fourth-order valence-corrected chi connectivity index (χ4v) is 14.5. The number of rotatable bonds is 8. The molecule has 4 nitrogen and oxygen atoms in total. The van der Waals surface area contributed by atoms with Crippen molar-refractivity contribution in [1.29, 1.82) is 0 Å². The normalized spacial score (nSPS) is 13.8. The molecule has 278 valence electrons. The molecule has 0 saturated heterocycles. The summed E-state index contributed by atoms with van der Waals surface area (Å²) in [7, 11) is -3.18. The topological polar surface area (TPSA) is 52.1 Å². The van der Waals surface area contributed by atoms with Gasteiger partial charge in [-0.25, -0.2) is 9.97 Å². The summed E-state index contributed by atoms with van der Waals surface area (Å²) in [6.45, 7) is 0. The zero-order valence-corrected chi connectivity index (χ0v) is 33.0. The number of allylic oxidation sites excluding steroid dienone is 2. The molecule has 0 amide bonds. The van der Waals surface area contributed by atoms with Crippen molar-refractivity contribution in [1.82, 2.24) is 9.97 Å². The van der Waals surface area contributed by atoms with Crippen molar-refractivity contribution in [3.63, 3.8) is 0 Å². The van der Waals surface area contributed by atoms with Crippen molar-refractivity contribution >= 4 is 62.2 Å². The van der Waals surface area contributed by atoms with Crippen LogP contribution in [0.3, 0.4) is 0 Å². The van der Waals surface area contributed by atoms with Crippen molar-refractivity contribution in [2.45, 2.75) is 0 Å². The van der Waals surface area contributed by atoms with E-state index < -0.39 is 8.07 Å². The highest BCUT2D eigenvalue weighted by atomic mass is 28.3. The van der Waals surface area contributed by atoms with Gasteiger partial charge in [0.1, 0.15) is 11.0 Å². The van der Waals surface area contributed by atoms with Crippen LogP contribution in [0.4, 0.5) is 0 Å². The Labute approximate surface area is 343 Å². The van der Waals surface area contributed by atoms with Crippen molar-refractivity contribution in [2.75, 3.05) is 0 Å². The molecule has 0 spiro atoms. The fourth-order valence-electron chi connectivity index (χ4n) is 8.93. The summed E-state index contributed by atoms with van der Waals surface area (Å²) in [6, 6.07) is 77.9. The first-order chi connectivity index (χ1) is 29.3. The highest BCUT2D eigenvalue weighted by Crippen LogP contribution is 2.55. The van der Waals surface area contributed by atoms with Crippen LogP contribution in [0.2, 0.25) is 0 Å². The smallest absolute Gasteiger partial charge is 0.227 e. The van der Waals surface area contributed by atoms with E-state index in [1.54, 1.807) is 0 Å². The van der Waals surface area contributed by atoms with Gasteiger partial charge in [0.25, 0.3) is 0 Å². The number of fused-ring (bicyclic) bond motifs is 2. The Morgan fingerprint density at radius 1 is 0.288 bits per heavy atom. The van der Waals surface area contributed by atoms with Crippen LogP contribution >= 0.6 is 0 Å². The van der Waals surface area contributed by atoms with E-state index in [0.29, 0.717) is 11.8 Å². The summed E-state index contributed by atoms with van der Waals surface area (Å²) in [5.74, 6) is 1.22. The van der Waals surface area contributed by atoms with Gasteiger partial charge in [0, 0.05) is 11.1 Å². The Hall–Kier alpha value is -7.60. The van der Waals surface area contributed by atoms with E-state index in [-0.39, 0.29) is 0 Å². The first kappa shape index (κ1) is 34.6. The maximum atomic E-state index is 6.26. The molecular formula is C54H36N2O2Si. The molecule has 0 unspecified atom stereocenters. The average Bonchev–Trinajstić information content (AvgIpc) is 4.04. The van der Waals surface area contributed by atoms with Gasteiger partial charge in [-0.2, -0.15) is 0 Å². The van der Waals surface area contributed by atoms with Crippen molar-refractivity contribution in [3.05, 3.63) is 241 Å². The van der Waals surface area contributed by atoms with Gasteiger partial charge in [-0.05, 0) is 103 Å². The Morgan fingerprint density at radius 3 is 0.983 bits per heavy atom. The van der Waals surface area contributed by atoms with Gasteiger partial charge >= 0.3 is 0 Å². The molecule has 2 aromatic heterocycles. The number of para-hydroxylation sites is 4. The van der Waals surface area contributed by atoms with E-state index >= 15 is 0 Å². The van der Waals surface area contributed by atoms with E-state index in [1.807, 2.05) is 48.5 Å². The molecule has 10 aromatic rings. The standard InChI is InChI=1S/C54H36N2O2Si/c1-5-17-37(18-6-1)49-50(38-19-7-2-8-20-38)52(40-31-35-42(36-32-40)54-56-46-26-14-16-28-48(46)58-54)59(43-21-9-3-10-22-43,44-23-11-4-12-24-44)51(49)39-29-33-41(34-30-39)53-55-45-25-13-15-27-47(45)57-53/h1-36H. The number of hydrogen-bond donors (Lipinski definition) is 0. The number of nitrogens with zero attached hydrogens (tertiary/aromatic N) is 2. The van der Waals surface area contributed by atoms with Crippen LogP contribution in [0, 0.1) is 0 Å². The minimum absolute atomic E-state index is 0.610. The fraction of sp³-hybridized carbons (Fsp3) is 0. The van der Waals surface area contributed by atoms with Gasteiger partial charge in [0.15, 0.2) is 19.2 Å². The predicted octanol–water partition coefficient (Wildman–Crippen LogP) is 12.2. The zero-order chi connectivity index (χ0) is 39.2. The lowest BCUT2D eigenvalue weighted by atomic mass is 9.89. The molecule has 1 aliphatic heterocycles. The molecule has 0 fully saturated rings. The van der Waals surface area contributed by atoms with Crippen LogP contribution in [0.25, 0.3) is 66.6 Å². The third kappa shape index (κ3) is 5.82. The molecule has 0 bridgehead atoms. The molecule has 0 saturated carbocycles. The molecule has 0 atom stereocenters. The summed E-state index contributed by atoms with van der Waals surface area (Å²) in [4.78, 5) is 9.70. The molecule has 3 heterocycles. The van der Waals surface area contributed by atoms with Crippen LogP contribution in [0.1, 0.15) is 22.3 Å². The maximum absolute atomic E-state index is 6.26. The maximum Gasteiger partial charge on any atom is 0.227 e. The Morgan fingerprint density at radius 2 is 0.610 bits per heavy atom. The molecule has 5 heteroatoms. The molecule has 11 rings (SSSR count). The quantitative estimate of drug-likeness (QED) is 0.144.